The van der Waals surface area contributed by atoms with Crippen LogP contribution >= 0.6 is 0 Å². The van der Waals surface area contributed by atoms with Gasteiger partial charge in [0.25, 0.3) is 0 Å². The summed E-state index contributed by atoms with van der Waals surface area (Å²) in [6, 6.07) is 0. The molecule has 1 aliphatic carbocycles. The highest BCUT2D eigenvalue weighted by Crippen LogP contribution is 2.49. The molecule has 2 fully saturated rings. The van der Waals surface area contributed by atoms with E-state index in [0.717, 1.165) is 70.6 Å². The number of aliphatic carboxylic acids is 1. The number of aliphatic hydroxyl groups is 1. The molecule has 0 aromatic rings. The SMILES string of the molecule is CCCCC[C@@H](O)CC[C@H]1CCC2(OCCO2)[C@@H]1CCCCCCC(=O)O. The van der Waals surface area contributed by atoms with Crippen molar-refractivity contribution in [3.8, 4) is 0 Å². The van der Waals surface area contributed by atoms with E-state index in [1.54, 1.807) is 0 Å². The fraction of sp³-hybridized carbons (Fsp3) is 0.955. The Morgan fingerprint density at radius 3 is 2.48 bits per heavy atom. The van der Waals surface area contributed by atoms with Crippen LogP contribution < -0.4 is 0 Å². The van der Waals surface area contributed by atoms with Crippen molar-refractivity contribution in [1.29, 1.82) is 0 Å². The maximum Gasteiger partial charge on any atom is 0.303 e. The van der Waals surface area contributed by atoms with Crippen molar-refractivity contribution in [2.45, 2.75) is 109 Å². The van der Waals surface area contributed by atoms with Crippen molar-refractivity contribution in [3.05, 3.63) is 0 Å². The molecule has 2 aliphatic rings. The molecule has 0 aromatic carbocycles. The Morgan fingerprint density at radius 2 is 1.78 bits per heavy atom. The van der Waals surface area contributed by atoms with Gasteiger partial charge in [0.1, 0.15) is 0 Å². The largest absolute Gasteiger partial charge is 0.481 e. The van der Waals surface area contributed by atoms with Gasteiger partial charge < -0.3 is 19.7 Å². The molecule has 1 heterocycles. The number of carboxylic acids is 1. The van der Waals surface area contributed by atoms with Crippen LogP contribution in [0, 0.1) is 11.8 Å². The minimum Gasteiger partial charge on any atom is -0.481 e. The van der Waals surface area contributed by atoms with Crippen molar-refractivity contribution < 1.29 is 24.5 Å². The van der Waals surface area contributed by atoms with Crippen molar-refractivity contribution in [1.82, 2.24) is 0 Å². The Bertz CT molecular complexity index is 419. The van der Waals surface area contributed by atoms with Crippen molar-refractivity contribution >= 4 is 5.97 Å². The van der Waals surface area contributed by atoms with E-state index in [2.05, 4.69) is 6.92 Å². The monoisotopic (exact) mass is 384 g/mol. The lowest BCUT2D eigenvalue weighted by Gasteiger charge is -2.32. The van der Waals surface area contributed by atoms with E-state index in [4.69, 9.17) is 14.6 Å². The molecule has 0 aromatic heterocycles. The normalized spacial score (nSPS) is 25.3. The highest BCUT2D eigenvalue weighted by atomic mass is 16.7. The Kier molecular flexibility index (Phi) is 10.1. The zero-order chi connectivity index (χ0) is 19.5. The van der Waals surface area contributed by atoms with Gasteiger partial charge in [-0.3, -0.25) is 4.79 Å². The van der Waals surface area contributed by atoms with Crippen LogP contribution in [0.25, 0.3) is 0 Å². The zero-order valence-electron chi connectivity index (χ0n) is 17.2. The molecular formula is C22H40O5. The van der Waals surface area contributed by atoms with Crippen LogP contribution in [0.3, 0.4) is 0 Å². The fourth-order valence-electron chi connectivity index (χ4n) is 4.94. The van der Waals surface area contributed by atoms with Gasteiger partial charge in [-0.2, -0.15) is 0 Å². The van der Waals surface area contributed by atoms with Crippen LogP contribution in [0.5, 0.6) is 0 Å². The molecule has 1 aliphatic heterocycles. The first-order valence-electron chi connectivity index (χ1n) is 11.2. The summed E-state index contributed by atoms with van der Waals surface area (Å²) in [7, 11) is 0. The highest BCUT2D eigenvalue weighted by Gasteiger charge is 2.51. The number of carboxylic acid groups (broad SMARTS) is 1. The molecule has 158 valence electrons. The van der Waals surface area contributed by atoms with Gasteiger partial charge >= 0.3 is 5.97 Å². The zero-order valence-corrected chi connectivity index (χ0v) is 17.2. The molecule has 5 nitrogen and oxygen atoms in total. The minimum atomic E-state index is -0.699. The van der Waals surface area contributed by atoms with Gasteiger partial charge in [0.05, 0.1) is 19.3 Å². The predicted molar refractivity (Wildman–Crippen MR) is 106 cm³/mol. The Labute approximate surface area is 164 Å². The van der Waals surface area contributed by atoms with Crippen LogP contribution in [-0.4, -0.2) is 41.3 Å². The maximum absolute atomic E-state index is 10.6. The Balaban J connectivity index is 1.76. The molecule has 2 N–H and O–H groups in total. The van der Waals surface area contributed by atoms with Crippen molar-refractivity contribution in [2.75, 3.05) is 13.2 Å². The number of ether oxygens (including phenoxy) is 2. The quantitative estimate of drug-likeness (QED) is 0.417. The number of hydrogen-bond acceptors (Lipinski definition) is 4. The van der Waals surface area contributed by atoms with Gasteiger partial charge in [-0.15, -0.1) is 0 Å². The second-order valence-electron chi connectivity index (χ2n) is 8.49. The van der Waals surface area contributed by atoms with Crippen molar-refractivity contribution in [3.63, 3.8) is 0 Å². The first kappa shape index (κ1) is 22.6. The fourth-order valence-corrected chi connectivity index (χ4v) is 4.94. The number of unbranched alkanes of at least 4 members (excludes halogenated alkanes) is 5. The summed E-state index contributed by atoms with van der Waals surface area (Å²) in [6.45, 7) is 3.58. The van der Waals surface area contributed by atoms with E-state index in [1.165, 1.54) is 12.8 Å². The summed E-state index contributed by atoms with van der Waals surface area (Å²) in [6.07, 6.45) is 13.6. The average Bonchev–Trinajstić information content (AvgIpc) is 3.24. The topological polar surface area (TPSA) is 76.0 Å². The highest BCUT2D eigenvalue weighted by molar-refractivity contribution is 5.66. The third-order valence-electron chi connectivity index (χ3n) is 6.44. The smallest absolute Gasteiger partial charge is 0.303 e. The molecule has 0 unspecified atom stereocenters. The Hall–Kier alpha value is -0.650. The first-order valence-corrected chi connectivity index (χ1v) is 11.2. The van der Waals surface area contributed by atoms with E-state index in [1.807, 2.05) is 0 Å². The predicted octanol–water partition coefficient (Wildman–Crippen LogP) is 4.90. The molecule has 0 amide bonds. The molecular weight excluding hydrogens is 344 g/mol. The summed E-state index contributed by atoms with van der Waals surface area (Å²) in [5.74, 6) is -0.0841. The molecule has 3 atom stereocenters. The van der Waals surface area contributed by atoms with Crippen LogP contribution in [0.1, 0.15) is 96.8 Å². The van der Waals surface area contributed by atoms with Crippen LogP contribution in [0.15, 0.2) is 0 Å². The van der Waals surface area contributed by atoms with Crippen LogP contribution in [0.2, 0.25) is 0 Å². The number of aliphatic hydroxyl groups excluding tert-OH is 1. The summed E-state index contributed by atoms with van der Waals surface area (Å²) in [5.41, 5.74) is 0. The molecule has 1 saturated heterocycles. The van der Waals surface area contributed by atoms with Gasteiger partial charge in [-0.1, -0.05) is 45.4 Å². The van der Waals surface area contributed by atoms with E-state index >= 15 is 0 Å². The third-order valence-corrected chi connectivity index (χ3v) is 6.44. The Morgan fingerprint density at radius 1 is 1.04 bits per heavy atom. The minimum absolute atomic E-state index is 0.171. The van der Waals surface area contributed by atoms with Gasteiger partial charge in [0, 0.05) is 18.8 Å². The third kappa shape index (κ3) is 7.35. The van der Waals surface area contributed by atoms with E-state index in [0.29, 0.717) is 25.0 Å². The lowest BCUT2D eigenvalue weighted by atomic mass is 9.84. The van der Waals surface area contributed by atoms with Gasteiger partial charge in [-0.25, -0.2) is 0 Å². The standard InChI is InChI=1S/C22H40O5/c1-2-3-6-9-19(23)13-12-18-14-15-22(26-16-17-27-22)20(18)10-7-4-5-8-11-21(24)25/h18-20,23H,2-17H2,1H3,(H,24,25)/t18-,19+,20+/m0/s1. The van der Waals surface area contributed by atoms with Crippen LogP contribution in [0.4, 0.5) is 0 Å². The number of rotatable bonds is 14. The van der Waals surface area contributed by atoms with Gasteiger partial charge in [0.2, 0.25) is 0 Å². The molecule has 1 spiro atoms. The second-order valence-corrected chi connectivity index (χ2v) is 8.49. The second kappa shape index (κ2) is 12.0. The summed E-state index contributed by atoms with van der Waals surface area (Å²) >= 11 is 0. The van der Waals surface area contributed by atoms with Gasteiger partial charge in [-0.05, 0) is 44.4 Å². The number of hydrogen-bond donors (Lipinski definition) is 2. The lowest BCUT2D eigenvalue weighted by Crippen LogP contribution is -2.36. The van der Waals surface area contributed by atoms with E-state index in [-0.39, 0.29) is 18.3 Å². The lowest BCUT2D eigenvalue weighted by molar-refractivity contribution is -0.188. The summed E-state index contributed by atoms with van der Waals surface area (Å²) in [5, 5.41) is 19.0. The molecule has 0 bridgehead atoms. The number of carbonyl (C=O) groups is 1. The van der Waals surface area contributed by atoms with Gasteiger partial charge in [0.15, 0.2) is 5.79 Å². The van der Waals surface area contributed by atoms with Crippen molar-refractivity contribution in [2.24, 2.45) is 11.8 Å². The summed E-state index contributed by atoms with van der Waals surface area (Å²) < 4.78 is 12.2. The molecule has 1 saturated carbocycles. The average molecular weight is 385 g/mol. The first-order chi connectivity index (χ1) is 13.1. The molecule has 5 heteroatoms. The van der Waals surface area contributed by atoms with Crippen LogP contribution in [-0.2, 0) is 14.3 Å². The molecule has 2 rings (SSSR count). The van der Waals surface area contributed by atoms with E-state index < -0.39 is 5.97 Å². The molecule has 0 radical (unpaired) electrons. The van der Waals surface area contributed by atoms with E-state index in [9.17, 15) is 9.90 Å². The summed E-state index contributed by atoms with van der Waals surface area (Å²) in [4.78, 5) is 10.6. The maximum atomic E-state index is 10.6. The molecule has 27 heavy (non-hydrogen) atoms.